The third-order valence-electron chi connectivity index (χ3n) is 4.74. The second kappa shape index (κ2) is 9.82. The quantitative estimate of drug-likeness (QED) is 0.426. The van der Waals surface area contributed by atoms with E-state index < -0.39 is 7.82 Å². The van der Waals surface area contributed by atoms with E-state index in [-0.39, 0.29) is 16.6 Å². The van der Waals surface area contributed by atoms with Gasteiger partial charge in [-0.3, -0.25) is 9.79 Å². The van der Waals surface area contributed by atoms with E-state index >= 15 is 0 Å². The molecule has 0 bridgehead atoms. The van der Waals surface area contributed by atoms with Gasteiger partial charge in [-0.05, 0) is 45.2 Å². The van der Waals surface area contributed by atoms with Crippen molar-refractivity contribution in [1.29, 1.82) is 0 Å². The normalized spacial score (nSPS) is 12.0. The Morgan fingerprint density at radius 2 is 1.06 bits per heavy atom. The number of hydrogen-bond donors (Lipinski definition) is 2. The molecule has 3 aromatic carbocycles. The molecule has 0 saturated carbocycles. The van der Waals surface area contributed by atoms with Crippen LogP contribution in [0.15, 0.2) is 78.9 Å². The van der Waals surface area contributed by atoms with Crippen molar-refractivity contribution >= 4 is 7.82 Å². The van der Waals surface area contributed by atoms with Crippen LogP contribution in [0, 0.1) is 0 Å². The van der Waals surface area contributed by atoms with Crippen LogP contribution in [0.3, 0.4) is 0 Å². The number of para-hydroxylation sites is 1. The molecule has 0 aliphatic heterocycles. The van der Waals surface area contributed by atoms with E-state index in [2.05, 4.69) is 94.6 Å². The Bertz CT molecular complexity index is 979. The van der Waals surface area contributed by atoms with Gasteiger partial charge in [0.25, 0.3) is 0 Å². The molecule has 0 aromatic heterocycles. The van der Waals surface area contributed by atoms with Gasteiger partial charge in [-0.2, -0.15) is 0 Å². The Morgan fingerprint density at radius 3 is 1.45 bits per heavy atom. The smallest absolute Gasteiger partial charge is 0.404 e. The first-order chi connectivity index (χ1) is 14.3. The Labute approximate surface area is 186 Å². The number of benzene rings is 3. The lowest BCUT2D eigenvalue weighted by Crippen LogP contribution is -2.16. The summed E-state index contributed by atoms with van der Waals surface area (Å²) in [6.07, 6.45) is 0. The summed E-state index contributed by atoms with van der Waals surface area (Å²) in [5.74, 6) is 0.167. The highest BCUT2D eigenvalue weighted by atomic mass is 31.2. The molecule has 4 nitrogen and oxygen atoms in total. The molecule has 0 radical (unpaired) electrons. The molecule has 166 valence electrons. The molecule has 0 amide bonds. The standard InChI is InChI=1S/C20H26.C6H7O4P/c1-19(2,3)17-12-16(15-10-8-7-9-11-15)13-18(14-17)20(4,5)6;7-11(8,9)10-6-4-2-1-3-5-6/h7-14H,1-6H3;1-5H,(H2,7,8,9). The Morgan fingerprint density at radius 1 is 0.645 bits per heavy atom. The van der Waals surface area contributed by atoms with Crippen molar-refractivity contribution in [2.45, 2.75) is 52.4 Å². The third-order valence-corrected chi connectivity index (χ3v) is 5.19. The van der Waals surface area contributed by atoms with Gasteiger partial charge in [0.2, 0.25) is 0 Å². The van der Waals surface area contributed by atoms with E-state index in [0.29, 0.717) is 0 Å². The van der Waals surface area contributed by atoms with E-state index in [9.17, 15) is 4.57 Å². The van der Waals surface area contributed by atoms with Gasteiger partial charge >= 0.3 is 7.82 Å². The summed E-state index contributed by atoms with van der Waals surface area (Å²) in [4.78, 5) is 16.7. The van der Waals surface area contributed by atoms with Gasteiger partial charge in [-0.1, -0.05) is 108 Å². The van der Waals surface area contributed by atoms with Crippen LogP contribution >= 0.6 is 7.82 Å². The molecule has 0 spiro atoms. The van der Waals surface area contributed by atoms with Crippen LogP contribution in [-0.4, -0.2) is 9.79 Å². The number of phosphoric acid groups is 1. The molecular formula is C26H33O4P. The predicted octanol–water partition coefficient (Wildman–Crippen LogP) is 7.11. The lowest BCUT2D eigenvalue weighted by Gasteiger charge is -2.26. The number of rotatable bonds is 3. The third kappa shape index (κ3) is 8.34. The molecule has 3 aromatic rings. The SMILES string of the molecule is CC(C)(C)c1cc(-c2ccccc2)cc(C(C)(C)C)c1.O=P(O)(O)Oc1ccccc1. The summed E-state index contributed by atoms with van der Waals surface area (Å²) < 4.78 is 14.5. The molecule has 31 heavy (non-hydrogen) atoms. The predicted molar refractivity (Wildman–Crippen MR) is 128 cm³/mol. The van der Waals surface area contributed by atoms with E-state index in [1.54, 1.807) is 18.2 Å². The highest BCUT2D eigenvalue weighted by Crippen LogP contribution is 2.37. The minimum atomic E-state index is -4.39. The van der Waals surface area contributed by atoms with Crippen LogP contribution in [0.2, 0.25) is 0 Å². The van der Waals surface area contributed by atoms with Crippen LogP contribution in [0.1, 0.15) is 52.7 Å². The lowest BCUT2D eigenvalue weighted by atomic mass is 9.79. The van der Waals surface area contributed by atoms with Crippen LogP contribution in [0.5, 0.6) is 5.75 Å². The monoisotopic (exact) mass is 440 g/mol. The molecule has 5 heteroatoms. The fraction of sp³-hybridized carbons (Fsp3) is 0.308. The molecule has 0 heterocycles. The lowest BCUT2D eigenvalue weighted by molar-refractivity contribution is 0.283. The zero-order valence-corrected chi connectivity index (χ0v) is 20.1. The largest absolute Gasteiger partial charge is 0.524 e. The maximum absolute atomic E-state index is 10.3. The Balaban J connectivity index is 0.000000262. The average Bonchev–Trinajstić information content (AvgIpc) is 2.67. The van der Waals surface area contributed by atoms with E-state index in [0.717, 1.165) is 0 Å². The van der Waals surface area contributed by atoms with Crippen molar-refractivity contribution < 1.29 is 18.9 Å². The van der Waals surface area contributed by atoms with Crippen molar-refractivity contribution in [2.24, 2.45) is 0 Å². The summed E-state index contributed by atoms with van der Waals surface area (Å²) >= 11 is 0. The first-order valence-electron chi connectivity index (χ1n) is 10.3. The maximum atomic E-state index is 10.3. The van der Waals surface area contributed by atoms with Crippen molar-refractivity contribution in [2.75, 3.05) is 0 Å². The molecule has 0 saturated heterocycles. The maximum Gasteiger partial charge on any atom is 0.524 e. The van der Waals surface area contributed by atoms with Crippen molar-refractivity contribution in [3.8, 4) is 16.9 Å². The van der Waals surface area contributed by atoms with Gasteiger partial charge < -0.3 is 4.52 Å². The Kier molecular flexibility index (Phi) is 7.88. The summed E-state index contributed by atoms with van der Waals surface area (Å²) in [6, 6.07) is 25.6. The second-order valence-electron chi connectivity index (χ2n) is 9.56. The van der Waals surface area contributed by atoms with Crippen LogP contribution < -0.4 is 4.52 Å². The molecule has 0 aliphatic carbocycles. The topological polar surface area (TPSA) is 66.8 Å². The van der Waals surface area contributed by atoms with Crippen LogP contribution in [0.4, 0.5) is 0 Å². The van der Waals surface area contributed by atoms with Gasteiger partial charge in [0.15, 0.2) is 0 Å². The second-order valence-corrected chi connectivity index (χ2v) is 10.7. The van der Waals surface area contributed by atoms with Crippen molar-refractivity contribution in [3.63, 3.8) is 0 Å². The highest BCUT2D eigenvalue weighted by molar-refractivity contribution is 7.46. The molecule has 2 N–H and O–H groups in total. The van der Waals surface area contributed by atoms with Gasteiger partial charge in [0.1, 0.15) is 5.75 Å². The van der Waals surface area contributed by atoms with E-state index in [1.807, 2.05) is 0 Å². The molecular weight excluding hydrogens is 407 g/mol. The van der Waals surface area contributed by atoms with Gasteiger partial charge in [0, 0.05) is 0 Å². The minimum Gasteiger partial charge on any atom is -0.404 e. The fourth-order valence-electron chi connectivity index (χ4n) is 2.91. The van der Waals surface area contributed by atoms with Gasteiger partial charge in [0.05, 0.1) is 0 Å². The van der Waals surface area contributed by atoms with Crippen molar-refractivity contribution in [1.82, 2.24) is 0 Å². The summed E-state index contributed by atoms with van der Waals surface area (Å²) in [5, 5.41) is 0. The molecule has 3 rings (SSSR count). The van der Waals surface area contributed by atoms with Gasteiger partial charge in [-0.25, -0.2) is 4.57 Å². The van der Waals surface area contributed by atoms with Crippen LogP contribution in [-0.2, 0) is 15.4 Å². The van der Waals surface area contributed by atoms with Crippen LogP contribution in [0.25, 0.3) is 11.1 Å². The highest BCUT2D eigenvalue weighted by Gasteiger charge is 2.20. The Hall–Kier alpha value is -2.39. The van der Waals surface area contributed by atoms with E-state index in [1.165, 1.54) is 34.4 Å². The molecule has 0 atom stereocenters. The first kappa shape index (κ1) is 24.9. The molecule has 0 fully saturated rings. The fourth-order valence-corrected chi connectivity index (χ4v) is 3.31. The van der Waals surface area contributed by atoms with E-state index in [4.69, 9.17) is 9.79 Å². The summed E-state index contributed by atoms with van der Waals surface area (Å²) in [5.41, 5.74) is 5.77. The average molecular weight is 441 g/mol. The number of phosphoric ester groups is 1. The van der Waals surface area contributed by atoms with Gasteiger partial charge in [-0.15, -0.1) is 0 Å². The summed E-state index contributed by atoms with van der Waals surface area (Å²) in [7, 11) is -4.39. The molecule has 0 unspecified atom stereocenters. The minimum absolute atomic E-state index is 0.167. The first-order valence-corrected chi connectivity index (χ1v) is 11.8. The zero-order chi connectivity index (χ0) is 23.3. The molecule has 0 aliphatic rings. The summed E-state index contributed by atoms with van der Waals surface area (Å²) in [6.45, 7) is 13.7. The number of hydrogen-bond acceptors (Lipinski definition) is 2. The zero-order valence-electron chi connectivity index (χ0n) is 19.2. The van der Waals surface area contributed by atoms with Crippen molar-refractivity contribution in [3.05, 3.63) is 90.0 Å².